The number of hydrogen-bond acceptors (Lipinski definition) is 8. The Morgan fingerprint density at radius 3 is 2.70 bits per heavy atom. The lowest BCUT2D eigenvalue weighted by Gasteiger charge is -2.21. The van der Waals surface area contributed by atoms with Crippen molar-refractivity contribution in [2.24, 2.45) is 0 Å². The summed E-state index contributed by atoms with van der Waals surface area (Å²) in [6.07, 6.45) is 2.59. The maximum atomic E-state index is 13.0. The van der Waals surface area contributed by atoms with Crippen LogP contribution in [-0.4, -0.2) is 43.2 Å². The predicted octanol–water partition coefficient (Wildman–Crippen LogP) is 3.86. The molecule has 3 aromatic rings. The Kier molecular flexibility index (Phi) is 6.65. The van der Waals surface area contributed by atoms with E-state index in [1.54, 1.807) is 0 Å². The van der Waals surface area contributed by atoms with Crippen LogP contribution in [0.25, 0.3) is 10.8 Å². The molecule has 0 aliphatic rings. The molecule has 0 radical (unpaired) electrons. The summed E-state index contributed by atoms with van der Waals surface area (Å²) in [6, 6.07) is 1.43. The number of pyridine rings is 1. The number of nitrogens with zero attached hydrogens (tertiary/aromatic N) is 5. The lowest BCUT2D eigenvalue weighted by molar-refractivity contribution is -0.0230. The fraction of sp³-hybridized carbons (Fsp3) is 0.375. The summed E-state index contributed by atoms with van der Waals surface area (Å²) in [5.74, 6) is -3.82. The first-order chi connectivity index (χ1) is 14.1. The molecule has 8 nitrogen and oxygen atoms in total. The molecule has 162 valence electrons. The Balaban J connectivity index is 1.76. The molecule has 0 saturated heterocycles. The molecule has 0 bridgehead atoms. The fourth-order valence-electron chi connectivity index (χ4n) is 2.19. The lowest BCUT2D eigenvalue weighted by atomic mass is 10.4. The Morgan fingerprint density at radius 1 is 1.30 bits per heavy atom. The molecule has 0 fully saturated rings. The summed E-state index contributed by atoms with van der Waals surface area (Å²) >= 11 is 1.09. The molecule has 1 unspecified atom stereocenters. The summed E-state index contributed by atoms with van der Waals surface area (Å²) in [6.45, 7) is -0.0297. The van der Waals surface area contributed by atoms with Crippen molar-refractivity contribution in [1.82, 2.24) is 20.2 Å². The number of alkyl halides is 4. The van der Waals surface area contributed by atoms with Gasteiger partial charge in [0, 0.05) is 19.2 Å². The number of rotatable bonds is 9. The van der Waals surface area contributed by atoms with Crippen molar-refractivity contribution in [3.05, 3.63) is 35.6 Å². The van der Waals surface area contributed by atoms with Gasteiger partial charge in [-0.1, -0.05) is 0 Å². The zero-order valence-electron chi connectivity index (χ0n) is 15.6. The van der Waals surface area contributed by atoms with Gasteiger partial charge in [0.25, 0.3) is 17.7 Å². The molecular weight excluding hydrogens is 450 g/mol. The van der Waals surface area contributed by atoms with Gasteiger partial charge < -0.3 is 9.15 Å². The highest BCUT2D eigenvalue weighted by Gasteiger charge is 2.23. The molecular formula is C16H15F4N5O3S2. The number of ether oxygens (including phenoxy) is 1. The standard InChI is InChI=1S/C16H15F4N5O3S2/c1-16(19,20)8-27-10-3-9(4-21-5-10)25(30(2)26)7-12-22-6-11(29-12)14-23-24-15(28-14)13(17)18/h3-6,13H,7-8H2,1-2H3. The zero-order chi connectivity index (χ0) is 21.9. The molecule has 14 heteroatoms. The van der Waals surface area contributed by atoms with Crippen molar-refractivity contribution >= 4 is 28.0 Å². The van der Waals surface area contributed by atoms with Crippen molar-refractivity contribution in [3.63, 3.8) is 0 Å². The lowest BCUT2D eigenvalue weighted by Crippen LogP contribution is -2.24. The van der Waals surface area contributed by atoms with E-state index >= 15 is 0 Å². The molecule has 1 atom stereocenters. The monoisotopic (exact) mass is 465 g/mol. The van der Waals surface area contributed by atoms with Crippen LogP contribution in [0.4, 0.5) is 23.2 Å². The van der Waals surface area contributed by atoms with E-state index < -0.39 is 35.8 Å². The van der Waals surface area contributed by atoms with Crippen LogP contribution >= 0.6 is 11.3 Å². The number of hydrogen-bond donors (Lipinski definition) is 0. The molecule has 0 amide bonds. The van der Waals surface area contributed by atoms with Gasteiger partial charge in [-0.3, -0.25) is 9.29 Å². The molecule has 3 heterocycles. The summed E-state index contributed by atoms with van der Waals surface area (Å²) in [7, 11) is -1.52. The summed E-state index contributed by atoms with van der Waals surface area (Å²) in [5.41, 5.74) is 0.363. The maximum absolute atomic E-state index is 13.0. The predicted molar refractivity (Wildman–Crippen MR) is 101 cm³/mol. The van der Waals surface area contributed by atoms with Gasteiger partial charge in [0.2, 0.25) is 0 Å². The largest absolute Gasteiger partial charge is 0.486 e. The number of halogens is 4. The molecule has 0 aliphatic carbocycles. The van der Waals surface area contributed by atoms with Crippen LogP contribution in [0.2, 0.25) is 0 Å². The normalized spacial score (nSPS) is 12.9. The second-order valence-corrected chi connectivity index (χ2v) is 8.47. The molecule has 0 aromatic carbocycles. The average Bonchev–Trinajstić information content (AvgIpc) is 3.33. The number of aromatic nitrogens is 4. The third-order valence-corrected chi connectivity index (χ3v) is 5.39. The Labute approximate surface area is 174 Å². The van der Waals surface area contributed by atoms with Crippen LogP contribution in [0, 0.1) is 0 Å². The van der Waals surface area contributed by atoms with Crippen LogP contribution in [0.1, 0.15) is 24.2 Å². The van der Waals surface area contributed by atoms with Crippen LogP contribution in [0.15, 0.2) is 29.1 Å². The van der Waals surface area contributed by atoms with Gasteiger partial charge in [-0.05, 0) is 0 Å². The van der Waals surface area contributed by atoms with Crippen molar-refractivity contribution < 1.29 is 30.9 Å². The van der Waals surface area contributed by atoms with Crippen LogP contribution < -0.4 is 9.04 Å². The third kappa shape index (κ3) is 5.72. The van der Waals surface area contributed by atoms with E-state index in [0.29, 0.717) is 15.6 Å². The molecule has 3 rings (SSSR count). The van der Waals surface area contributed by atoms with E-state index in [9.17, 15) is 21.8 Å². The first kappa shape index (κ1) is 22.1. The molecule has 30 heavy (non-hydrogen) atoms. The van der Waals surface area contributed by atoms with Gasteiger partial charge in [-0.15, -0.1) is 21.5 Å². The highest BCUT2D eigenvalue weighted by Crippen LogP contribution is 2.30. The molecule has 0 saturated carbocycles. The van der Waals surface area contributed by atoms with E-state index in [2.05, 4.69) is 20.2 Å². The second-order valence-electron chi connectivity index (χ2n) is 6.06. The Bertz CT molecular complexity index is 1020. The van der Waals surface area contributed by atoms with E-state index in [1.807, 2.05) is 0 Å². The minimum Gasteiger partial charge on any atom is -0.486 e. The van der Waals surface area contributed by atoms with Gasteiger partial charge in [-0.2, -0.15) is 8.78 Å². The fourth-order valence-corrected chi connectivity index (χ4v) is 3.80. The number of anilines is 1. The molecule has 0 spiro atoms. The smallest absolute Gasteiger partial charge is 0.314 e. The molecule has 0 aliphatic heterocycles. The number of thiazole rings is 1. The van der Waals surface area contributed by atoms with Gasteiger partial charge in [0.1, 0.15) is 26.6 Å². The van der Waals surface area contributed by atoms with Crippen molar-refractivity contribution in [2.75, 3.05) is 17.2 Å². The van der Waals surface area contributed by atoms with Crippen molar-refractivity contribution in [2.45, 2.75) is 25.8 Å². The molecule has 3 aromatic heterocycles. The quantitative estimate of drug-likeness (QED) is 0.443. The summed E-state index contributed by atoms with van der Waals surface area (Å²) in [5, 5.41) is 7.29. The zero-order valence-corrected chi connectivity index (χ0v) is 17.2. The van der Waals surface area contributed by atoms with E-state index in [4.69, 9.17) is 9.15 Å². The van der Waals surface area contributed by atoms with Crippen LogP contribution in [0.5, 0.6) is 5.75 Å². The Morgan fingerprint density at radius 2 is 2.07 bits per heavy atom. The van der Waals surface area contributed by atoms with Crippen molar-refractivity contribution in [3.8, 4) is 16.5 Å². The minimum atomic E-state index is -3.01. The van der Waals surface area contributed by atoms with Crippen molar-refractivity contribution in [1.29, 1.82) is 0 Å². The van der Waals surface area contributed by atoms with Gasteiger partial charge in [-0.25, -0.2) is 18.0 Å². The summed E-state index contributed by atoms with van der Waals surface area (Å²) < 4.78 is 74.8. The van der Waals surface area contributed by atoms with Gasteiger partial charge in [0.05, 0.1) is 30.8 Å². The third-order valence-electron chi connectivity index (χ3n) is 3.46. The topological polar surface area (TPSA) is 94.2 Å². The van der Waals surface area contributed by atoms with Crippen LogP contribution in [0.3, 0.4) is 0 Å². The van der Waals surface area contributed by atoms with Gasteiger partial charge >= 0.3 is 6.43 Å². The van der Waals surface area contributed by atoms with E-state index in [-0.39, 0.29) is 18.2 Å². The molecule has 0 N–H and O–H groups in total. The first-order valence-electron chi connectivity index (χ1n) is 8.26. The highest BCUT2D eigenvalue weighted by atomic mass is 32.2. The Hall–Kier alpha value is -2.61. The first-order valence-corrected chi connectivity index (χ1v) is 10.6. The highest BCUT2D eigenvalue weighted by molar-refractivity contribution is 7.85. The average molecular weight is 465 g/mol. The van der Waals surface area contributed by atoms with E-state index in [1.165, 1.54) is 35.2 Å². The van der Waals surface area contributed by atoms with Gasteiger partial charge in [0.15, 0.2) is 6.61 Å². The second kappa shape index (κ2) is 9.04. The maximum Gasteiger partial charge on any atom is 0.314 e. The summed E-state index contributed by atoms with van der Waals surface area (Å²) in [4.78, 5) is 8.46. The minimum absolute atomic E-state index is 0.0681. The van der Waals surface area contributed by atoms with Crippen LogP contribution in [-0.2, 0) is 17.5 Å². The SMILES string of the molecule is CS(=O)N(Cc1ncc(-c2nnc(C(F)F)o2)s1)c1cncc(OCC(C)(F)F)c1. The van der Waals surface area contributed by atoms with E-state index in [0.717, 1.165) is 18.3 Å².